The minimum Gasteiger partial charge on any atom is -0.381 e. The minimum absolute atomic E-state index is 0.0202. The first-order valence-corrected chi connectivity index (χ1v) is 19.0. The monoisotopic (exact) mass is 749 g/mol. The van der Waals surface area contributed by atoms with Crippen LogP contribution in [0.15, 0.2) is 79.5 Å². The normalized spacial score (nSPS) is 15.5. The van der Waals surface area contributed by atoms with E-state index in [4.69, 9.17) is 10.5 Å². The highest BCUT2D eigenvalue weighted by atomic mass is 16.5. The van der Waals surface area contributed by atoms with Gasteiger partial charge in [-0.3, -0.25) is 19.4 Å². The predicted molar refractivity (Wildman–Crippen MR) is 217 cm³/mol. The summed E-state index contributed by atoms with van der Waals surface area (Å²) in [6.45, 7) is 5.17. The van der Waals surface area contributed by atoms with Gasteiger partial charge in [0.2, 0.25) is 23.7 Å². The second-order valence-electron chi connectivity index (χ2n) is 14.8. The van der Waals surface area contributed by atoms with Gasteiger partial charge in [-0.2, -0.15) is 0 Å². The van der Waals surface area contributed by atoms with Crippen LogP contribution in [0.25, 0.3) is 43.8 Å². The van der Waals surface area contributed by atoms with Gasteiger partial charge in [-0.25, -0.2) is 19.9 Å². The molecule has 0 spiro atoms. The number of amides is 3. The number of aryl methyl sites for hydroxylation is 1. The lowest BCUT2D eigenvalue weighted by atomic mass is 9.97. The molecule has 2 aliphatic carbocycles. The van der Waals surface area contributed by atoms with Gasteiger partial charge in [-0.05, 0) is 104 Å². The molecule has 3 amide bonds. The molecule has 5 heterocycles. The summed E-state index contributed by atoms with van der Waals surface area (Å²) in [5.74, 6) is 1.88. The first-order chi connectivity index (χ1) is 27.2. The Morgan fingerprint density at radius 3 is 1.70 bits per heavy atom. The quantitative estimate of drug-likeness (QED) is 0.123. The molecule has 4 aromatic heterocycles. The second kappa shape index (κ2) is 15.8. The zero-order chi connectivity index (χ0) is 38.8. The highest BCUT2D eigenvalue weighted by Crippen LogP contribution is 2.34. The Bertz CT molecular complexity index is 2470. The van der Waals surface area contributed by atoms with Crippen LogP contribution in [0.3, 0.4) is 0 Å². The Morgan fingerprint density at radius 1 is 0.607 bits per heavy atom. The van der Waals surface area contributed by atoms with E-state index in [1.165, 1.54) is 0 Å². The van der Waals surface area contributed by atoms with Crippen molar-refractivity contribution in [2.75, 3.05) is 34.9 Å². The summed E-state index contributed by atoms with van der Waals surface area (Å²) in [6.07, 6.45) is 14.2. The largest absolute Gasteiger partial charge is 0.381 e. The number of nitrogens with one attached hydrogen (secondary N) is 3. The van der Waals surface area contributed by atoms with Crippen molar-refractivity contribution in [3.05, 3.63) is 90.8 Å². The number of nitrogen functional groups attached to an aromatic ring is 1. The third-order valence-electron chi connectivity index (χ3n) is 10.5. The average molecular weight is 750 g/mol. The molecule has 2 saturated carbocycles. The predicted octanol–water partition coefficient (Wildman–Crippen LogP) is 7.25. The van der Waals surface area contributed by atoms with Gasteiger partial charge in [0.25, 0.3) is 0 Å². The van der Waals surface area contributed by atoms with Crippen molar-refractivity contribution in [2.45, 2.75) is 52.4 Å². The fraction of sp³-hybridized carbons (Fsp3) is 0.302. The Morgan fingerprint density at radius 2 is 1.14 bits per heavy atom. The summed E-state index contributed by atoms with van der Waals surface area (Å²) in [7, 11) is 0. The van der Waals surface area contributed by atoms with Gasteiger partial charge in [0.1, 0.15) is 11.6 Å². The van der Waals surface area contributed by atoms with Gasteiger partial charge in [0, 0.05) is 77.7 Å². The summed E-state index contributed by atoms with van der Waals surface area (Å²) in [4.78, 5) is 57.9. The zero-order valence-electron chi connectivity index (χ0n) is 31.3. The lowest BCUT2D eigenvalue weighted by Crippen LogP contribution is -2.28. The number of nitrogens with two attached hydrogens (primary N) is 1. The molecule has 2 aromatic carbocycles. The van der Waals surface area contributed by atoms with Crippen LogP contribution in [-0.2, 0) is 19.1 Å². The summed E-state index contributed by atoms with van der Waals surface area (Å²) in [6, 6.07) is 16.0. The maximum Gasteiger partial charge on any atom is 0.228 e. The molecule has 56 heavy (non-hydrogen) atoms. The molecule has 9 rings (SSSR count). The number of carbonyl (C=O) groups excluding carboxylic acids is 3. The summed E-state index contributed by atoms with van der Waals surface area (Å²) in [5.41, 5.74) is 12.1. The number of nitrogens with zero attached hydrogens (tertiary/aromatic N) is 5. The van der Waals surface area contributed by atoms with E-state index < -0.39 is 0 Å². The standard InChI is InChI=1S/C25H26N4O3.C18H17N5O/c1-15-21(13-26-14-22(15)28-24(30)17-6-8-32-9-7-17)19-5-4-18-11-23(27-12-20(18)10-19)29-25(31)16-2-3-16;1-10-15(9-21-18(19)22-10)13-5-4-12-7-16(20-8-14(12)6-13)23-17(24)11-2-3-11/h4-5,10-14,16-17H,2-3,6-9H2,1H3,(H,28,30)(H,27,29,31);4-9,11H,2-3H2,1H3,(H2,19,21,22)(H,20,23,24). The molecule has 3 fully saturated rings. The molecule has 13 heteroatoms. The SMILES string of the molecule is Cc1c(NC(=O)C2CCOCC2)cncc1-c1ccc2cc(NC(=O)C3CC3)ncc2c1.Cc1nc(N)ncc1-c1ccc2cc(NC(=O)C3CC3)ncc2c1. The molecule has 0 radical (unpaired) electrons. The fourth-order valence-electron chi connectivity index (χ4n) is 6.81. The number of benzene rings is 2. The highest BCUT2D eigenvalue weighted by Gasteiger charge is 2.30. The number of hydrogen-bond donors (Lipinski definition) is 4. The van der Waals surface area contributed by atoms with Crippen LogP contribution >= 0.6 is 0 Å². The van der Waals surface area contributed by atoms with E-state index in [0.717, 1.165) is 99.3 Å². The van der Waals surface area contributed by atoms with Gasteiger partial charge in [0.15, 0.2) is 0 Å². The van der Waals surface area contributed by atoms with E-state index in [1.54, 1.807) is 24.8 Å². The Balaban J connectivity index is 0.000000164. The van der Waals surface area contributed by atoms with Gasteiger partial charge >= 0.3 is 0 Å². The van der Waals surface area contributed by atoms with E-state index >= 15 is 0 Å². The molecule has 0 bridgehead atoms. The number of ether oxygens (including phenoxy) is 1. The first-order valence-electron chi connectivity index (χ1n) is 19.0. The van der Waals surface area contributed by atoms with Crippen molar-refractivity contribution in [2.24, 2.45) is 17.8 Å². The number of hydrogen-bond acceptors (Lipinski definition) is 10. The maximum absolute atomic E-state index is 12.7. The average Bonchev–Trinajstić information content (AvgIpc) is 4.13. The lowest BCUT2D eigenvalue weighted by molar-refractivity contribution is -0.122. The third-order valence-corrected chi connectivity index (χ3v) is 10.5. The molecule has 3 aliphatic rings. The van der Waals surface area contributed by atoms with Crippen LogP contribution in [0.4, 0.5) is 23.3 Å². The molecule has 13 nitrogen and oxygen atoms in total. The smallest absolute Gasteiger partial charge is 0.228 e. The lowest BCUT2D eigenvalue weighted by Gasteiger charge is -2.22. The van der Waals surface area contributed by atoms with Crippen LogP contribution in [0.5, 0.6) is 0 Å². The van der Waals surface area contributed by atoms with Crippen molar-refractivity contribution in [3.63, 3.8) is 0 Å². The van der Waals surface area contributed by atoms with Crippen LogP contribution < -0.4 is 21.7 Å². The van der Waals surface area contributed by atoms with Gasteiger partial charge < -0.3 is 26.4 Å². The molecule has 0 unspecified atom stereocenters. The van der Waals surface area contributed by atoms with Crippen LogP contribution in [0, 0.1) is 31.6 Å². The summed E-state index contributed by atoms with van der Waals surface area (Å²) >= 11 is 0. The van der Waals surface area contributed by atoms with Gasteiger partial charge in [-0.15, -0.1) is 0 Å². The molecule has 0 atom stereocenters. The summed E-state index contributed by atoms with van der Waals surface area (Å²) < 4.78 is 5.36. The van der Waals surface area contributed by atoms with Crippen LogP contribution in [0.1, 0.15) is 49.8 Å². The number of rotatable bonds is 8. The highest BCUT2D eigenvalue weighted by molar-refractivity contribution is 5.98. The zero-order valence-corrected chi connectivity index (χ0v) is 31.3. The van der Waals surface area contributed by atoms with Gasteiger partial charge in [0.05, 0.1) is 17.6 Å². The Kier molecular flexibility index (Phi) is 10.3. The van der Waals surface area contributed by atoms with Crippen molar-refractivity contribution in [3.8, 4) is 22.3 Å². The van der Waals surface area contributed by atoms with E-state index in [-0.39, 0.29) is 41.4 Å². The fourth-order valence-corrected chi connectivity index (χ4v) is 6.81. The van der Waals surface area contributed by atoms with E-state index in [2.05, 4.69) is 46.9 Å². The molecular weight excluding hydrogens is 707 g/mol. The number of aromatic nitrogens is 5. The molecule has 1 aliphatic heterocycles. The van der Waals surface area contributed by atoms with E-state index in [1.807, 2.05) is 62.5 Å². The van der Waals surface area contributed by atoms with Crippen molar-refractivity contribution >= 4 is 62.5 Å². The summed E-state index contributed by atoms with van der Waals surface area (Å²) in [5, 5.41) is 12.8. The minimum atomic E-state index is -0.0202. The van der Waals surface area contributed by atoms with Crippen molar-refractivity contribution in [1.29, 1.82) is 0 Å². The molecule has 5 N–H and O–H groups in total. The third kappa shape index (κ3) is 8.47. The number of carbonyl (C=O) groups is 3. The molecule has 284 valence electrons. The maximum atomic E-state index is 12.7. The Hall–Kier alpha value is -6.34. The number of anilines is 4. The Labute approximate surface area is 323 Å². The van der Waals surface area contributed by atoms with E-state index in [9.17, 15) is 14.4 Å². The van der Waals surface area contributed by atoms with Crippen LogP contribution in [0.2, 0.25) is 0 Å². The molecular formula is C43H43N9O4. The van der Waals surface area contributed by atoms with Gasteiger partial charge in [-0.1, -0.05) is 24.3 Å². The number of fused-ring (bicyclic) bond motifs is 2. The second-order valence-corrected chi connectivity index (χ2v) is 14.8. The molecule has 6 aromatic rings. The van der Waals surface area contributed by atoms with Crippen molar-refractivity contribution < 1.29 is 19.1 Å². The topological polar surface area (TPSA) is 187 Å². The van der Waals surface area contributed by atoms with Crippen LogP contribution in [-0.4, -0.2) is 55.9 Å². The van der Waals surface area contributed by atoms with E-state index in [0.29, 0.717) is 24.8 Å². The first kappa shape index (κ1) is 36.6. The molecule has 1 saturated heterocycles. The van der Waals surface area contributed by atoms with Crippen molar-refractivity contribution in [1.82, 2.24) is 24.9 Å². The number of pyridine rings is 3.